The van der Waals surface area contributed by atoms with Gasteiger partial charge in [0.1, 0.15) is 18.0 Å². The van der Waals surface area contributed by atoms with Gasteiger partial charge in [0.2, 0.25) is 0 Å². The zero-order valence-electron chi connectivity index (χ0n) is 15.1. The number of sulfonamides is 1. The first-order chi connectivity index (χ1) is 12.8. The van der Waals surface area contributed by atoms with E-state index in [9.17, 15) is 13.2 Å². The van der Waals surface area contributed by atoms with Crippen LogP contribution in [0.25, 0.3) is 0 Å². The van der Waals surface area contributed by atoms with Crippen molar-refractivity contribution in [1.82, 2.24) is 0 Å². The molecule has 0 saturated carbocycles. The second-order valence-corrected chi connectivity index (χ2v) is 7.61. The van der Waals surface area contributed by atoms with E-state index in [4.69, 9.17) is 25.8 Å². The summed E-state index contributed by atoms with van der Waals surface area (Å²) in [6.07, 6.45) is 0. The van der Waals surface area contributed by atoms with E-state index in [0.717, 1.165) is 4.31 Å². The van der Waals surface area contributed by atoms with Crippen molar-refractivity contribution in [3.63, 3.8) is 0 Å². The Hall–Kier alpha value is -2.45. The molecule has 9 heteroatoms. The standard InChI is InChI=1S/C18H20ClNO6S/c1-4-26-18(21)12-20(16-11-13(19)5-10-17(16)25-3)27(22,23)15-8-6-14(24-2)7-9-15/h5-11H,4,12H2,1-3H3. The number of hydrogen-bond donors (Lipinski definition) is 0. The predicted octanol–water partition coefficient (Wildman–Crippen LogP) is 3.12. The number of halogens is 1. The van der Waals surface area contributed by atoms with Crippen LogP contribution in [-0.4, -0.2) is 41.8 Å². The molecule has 0 aliphatic carbocycles. The van der Waals surface area contributed by atoms with Crippen LogP contribution in [0.3, 0.4) is 0 Å². The van der Waals surface area contributed by atoms with Gasteiger partial charge in [0.15, 0.2) is 0 Å². The lowest BCUT2D eigenvalue weighted by Gasteiger charge is -2.25. The van der Waals surface area contributed by atoms with Crippen LogP contribution in [-0.2, 0) is 19.6 Å². The Kier molecular flexibility index (Phi) is 6.92. The van der Waals surface area contributed by atoms with Gasteiger partial charge >= 0.3 is 5.97 Å². The summed E-state index contributed by atoms with van der Waals surface area (Å²) in [5.41, 5.74) is 0.133. The molecule has 0 saturated heterocycles. The van der Waals surface area contributed by atoms with E-state index in [-0.39, 0.29) is 22.9 Å². The van der Waals surface area contributed by atoms with E-state index < -0.39 is 22.5 Å². The van der Waals surface area contributed by atoms with E-state index in [0.29, 0.717) is 10.8 Å². The number of benzene rings is 2. The van der Waals surface area contributed by atoms with Gasteiger partial charge in [0, 0.05) is 5.02 Å². The molecule has 2 rings (SSSR count). The summed E-state index contributed by atoms with van der Waals surface area (Å²) < 4.78 is 42.6. The molecule has 0 fully saturated rings. The highest BCUT2D eigenvalue weighted by Crippen LogP contribution is 2.35. The van der Waals surface area contributed by atoms with E-state index >= 15 is 0 Å². The van der Waals surface area contributed by atoms with Crippen molar-refractivity contribution in [2.24, 2.45) is 0 Å². The minimum atomic E-state index is -4.10. The first-order valence-corrected chi connectivity index (χ1v) is 9.81. The molecule has 0 amide bonds. The second kappa shape index (κ2) is 8.96. The highest BCUT2D eigenvalue weighted by Gasteiger charge is 2.30. The Morgan fingerprint density at radius 3 is 2.30 bits per heavy atom. The monoisotopic (exact) mass is 413 g/mol. The number of anilines is 1. The molecular weight excluding hydrogens is 394 g/mol. The molecule has 0 bridgehead atoms. The Balaban J connectivity index is 2.57. The minimum Gasteiger partial charge on any atom is -0.497 e. The van der Waals surface area contributed by atoms with Crippen molar-refractivity contribution in [3.05, 3.63) is 47.5 Å². The highest BCUT2D eigenvalue weighted by molar-refractivity contribution is 7.92. The summed E-state index contributed by atoms with van der Waals surface area (Å²) in [4.78, 5) is 12.0. The number of ether oxygens (including phenoxy) is 3. The predicted molar refractivity (Wildman–Crippen MR) is 102 cm³/mol. The van der Waals surface area contributed by atoms with Crippen LogP contribution >= 0.6 is 11.6 Å². The lowest BCUT2D eigenvalue weighted by atomic mass is 10.3. The fourth-order valence-corrected chi connectivity index (χ4v) is 3.93. The lowest BCUT2D eigenvalue weighted by molar-refractivity contribution is -0.141. The van der Waals surface area contributed by atoms with Crippen molar-refractivity contribution in [3.8, 4) is 11.5 Å². The zero-order chi connectivity index (χ0) is 20.0. The van der Waals surface area contributed by atoms with Crippen molar-refractivity contribution >= 4 is 33.3 Å². The number of methoxy groups -OCH3 is 2. The van der Waals surface area contributed by atoms with Gasteiger partial charge in [0.25, 0.3) is 10.0 Å². The topological polar surface area (TPSA) is 82.1 Å². The summed E-state index contributed by atoms with van der Waals surface area (Å²) in [6, 6.07) is 10.3. The molecule has 7 nitrogen and oxygen atoms in total. The van der Waals surface area contributed by atoms with Crippen molar-refractivity contribution < 1.29 is 27.4 Å². The van der Waals surface area contributed by atoms with Gasteiger partial charge in [-0.15, -0.1) is 0 Å². The number of nitrogens with zero attached hydrogens (tertiary/aromatic N) is 1. The average Bonchev–Trinajstić information content (AvgIpc) is 2.66. The second-order valence-electron chi connectivity index (χ2n) is 5.31. The first-order valence-electron chi connectivity index (χ1n) is 7.99. The fourth-order valence-electron chi connectivity index (χ4n) is 2.36. The third kappa shape index (κ3) is 4.84. The fraction of sp³-hybridized carbons (Fsp3) is 0.278. The highest BCUT2D eigenvalue weighted by atomic mass is 35.5. The van der Waals surface area contributed by atoms with Crippen molar-refractivity contribution in [2.45, 2.75) is 11.8 Å². The molecule has 0 N–H and O–H groups in total. The lowest BCUT2D eigenvalue weighted by Crippen LogP contribution is -2.37. The van der Waals surface area contributed by atoms with E-state index in [2.05, 4.69) is 0 Å². The molecule has 0 aliphatic heterocycles. The summed E-state index contributed by atoms with van der Waals surface area (Å²) in [5, 5.41) is 0.296. The molecule has 2 aromatic rings. The number of carbonyl (C=O) groups excluding carboxylic acids is 1. The Labute approximate surface area is 163 Å². The maximum Gasteiger partial charge on any atom is 0.326 e. The largest absolute Gasteiger partial charge is 0.497 e. The summed E-state index contributed by atoms with van der Waals surface area (Å²) in [5.74, 6) is 0.0589. The smallest absolute Gasteiger partial charge is 0.326 e. The van der Waals surface area contributed by atoms with Gasteiger partial charge in [-0.05, 0) is 49.4 Å². The van der Waals surface area contributed by atoms with E-state index in [1.807, 2.05) is 0 Å². The quantitative estimate of drug-likeness (QED) is 0.618. The van der Waals surface area contributed by atoms with Gasteiger partial charge in [-0.3, -0.25) is 9.10 Å². The Morgan fingerprint density at radius 2 is 1.74 bits per heavy atom. The third-order valence-corrected chi connectivity index (χ3v) is 5.64. The van der Waals surface area contributed by atoms with Crippen LogP contribution in [0.15, 0.2) is 47.4 Å². The van der Waals surface area contributed by atoms with Crippen LogP contribution in [0.4, 0.5) is 5.69 Å². The minimum absolute atomic E-state index is 0.0189. The maximum atomic E-state index is 13.2. The molecule has 0 unspecified atom stereocenters. The Bertz CT molecular complexity index is 899. The molecule has 0 aromatic heterocycles. The third-order valence-electron chi connectivity index (χ3n) is 3.64. The van der Waals surface area contributed by atoms with Crippen LogP contribution in [0.5, 0.6) is 11.5 Å². The van der Waals surface area contributed by atoms with Gasteiger partial charge in [-0.25, -0.2) is 8.42 Å². The number of carbonyl (C=O) groups is 1. The Morgan fingerprint density at radius 1 is 1.07 bits per heavy atom. The van der Waals surface area contributed by atoms with Gasteiger partial charge in [0.05, 0.1) is 31.4 Å². The van der Waals surface area contributed by atoms with Crippen LogP contribution < -0.4 is 13.8 Å². The normalized spacial score (nSPS) is 11.0. The first kappa shape index (κ1) is 20.9. The summed E-state index contributed by atoms with van der Waals surface area (Å²) >= 11 is 6.04. The number of rotatable bonds is 8. The molecule has 0 radical (unpaired) electrons. The maximum absolute atomic E-state index is 13.2. The molecule has 146 valence electrons. The van der Waals surface area contributed by atoms with Crippen LogP contribution in [0, 0.1) is 0 Å². The number of hydrogen-bond acceptors (Lipinski definition) is 6. The van der Waals surface area contributed by atoms with Crippen molar-refractivity contribution in [2.75, 3.05) is 31.7 Å². The number of esters is 1. The summed E-state index contributed by atoms with van der Waals surface area (Å²) in [7, 11) is -1.23. The molecular formula is C18H20ClNO6S. The summed E-state index contributed by atoms with van der Waals surface area (Å²) in [6.45, 7) is 1.24. The molecule has 2 aromatic carbocycles. The van der Waals surface area contributed by atoms with Crippen LogP contribution in [0.2, 0.25) is 5.02 Å². The molecule has 0 atom stereocenters. The average molecular weight is 414 g/mol. The molecule has 27 heavy (non-hydrogen) atoms. The van der Waals surface area contributed by atoms with E-state index in [1.165, 1.54) is 50.6 Å². The van der Waals surface area contributed by atoms with Gasteiger partial charge in [-0.1, -0.05) is 11.6 Å². The SMILES string of the molecule is CCOC(=O)CN(c1cc(Cl)ccc1OC)S(=O)(=O)c1ccc(OC)cc1. The van der Waals surface area contributed by atoms with Gasteiger partial charge in [-0.2, -0.15) is 0 Å². The molecule has 0 spiro atoms. The van der Waals surface area contributed by atoms with Crippen molar-refractivity contribution in [1.29, 1.82) is 0 Å². The van der Waals surface area contributed by atoms with E-state index in [1.54, 1.807) is 13.0 Å². The zero-order valence-corrected chi connectivity index (χ0v) is 16.7. The molecule has 0 aliphatic rings. The van der Waals surface area contributed by atoms with Crippen LogP contribution in [0.1, 0.15) is 6.92 Å². The van der Waals surface area contributed by atoms with Gasteiger partial charge < -0.3 is 14.2 Å². The molecule has 0 heterocycles.